The summed E-state index contributed by atoms with van der Waals surface area (Å²) in [6.45, 7) is 7.62. The first-order valence-electron chi connectivity index (χ1n) is 5.97. The summed E-state index contributed by atoms with van der Waals surface area (Å²) in [5, 5.41) is 3.90. The molecule has 0 aliphatic carbocycles. The second kappa shape index (κ2) is 5.41. The van der Waals surface area contributed by atoms with E-state index in [9.17, 15) is 0 Å². The van der Waals surface area contributed by atoms with Crippen molar-refractivity contribution in [1.82, 2.24) is 15.0 Å². The van der Waals surface area contributed by atoms with E-state index in [0.717, 1.165) is 44.9 Å². The number of rotatable bonds is 4. The molecular weight excluding hydrogens is 206 g/mol. The molecule has 0 radical (unpaired) electrons. The zero-order chi connectivity index (χ0) is 11.4. The van der Waals surface area contributed by atoms with Gasteiger partial charge in [0.05, 0.1) is 19.3 Å². The standard InChI is InChI=1S/C11H19N3O2/c1-3-9-7-14(5-6-15-9)8-11-12-10(4-2)13-16-11/h9H,3-8H2,1-2H3/t9-/m0/s1. The number of morpholine rings is 1. The second-order valence-corrected chi connectivity index (χ2v) is 4.09. The molecule has 1 saturated heterocycles. The van der Waals surface area contributed by atoms with E-state index in [1.165, 1.54) is 0 Å². The van der Waals surface area contributed by atoms with Crippen LogP contribution in [0.5, 0.6) is 0 Å². The van der Waals surface area contributed by atoms with Gasteiger partial charge in [0.15, 0.2) is 5.82 Å². The van der Waals surface area contributed by atoms with Crippen LogP contribution < -0.4 is 0 Å². The molecule has 1 fully saturated rings. The molecule has 0 spiro atoms. The summed E-state index contributed by atoms with van der Waals surface area (Å²) in [7, 11) is 0. The topological polar surface area (TPSA) is 51.4 Å². The zero-order valence-corrected chi connectivity index (χ0v) is 9.98. The van der Waals surface area contributed by atoms with Crippen molar-refractivity contribution in [2.24, 2.45) is 0 Å². The van der Waals surface area contributed by atoms with E-state index in [1.54, 1.807) is 0 Å². The minimum Gasteiger partial charge on any atom is -0.376 e. The van der Waals surface area contributed by atoms with Gasteiger partial charge in [0.25, 0.3) is 0 Å². The van der Waals surface area contributed by atoms with Gasteiger partial charge >= 0.3 is 0 Å². The SMILES string of the molecule is CCc1noc(CN2CCO[C@@H](CC)C2)n1. The highest BCUT2D eigenvalue weighted by Gasteiger charge is 2.20. The fourth-order valence-electron chi connectivity index (χ4n) is 1.86. The van der Waals surface area contributed by atoms with Crippen LogP contribution in [0.3, 0.4) is 0 Å². The van der Waals surface area contributed by atoms with E-state index in [0.29, 0.717) is 12.0 Å². The summed E-state index contributed by atoms with van der Waals surface area (Å²) >= 11 is 0. The first-order valence-corrected chi connectivity index (χ1v) is 5.97. The number of hydrogen-bond donors (Lipinski definition) is 0. The normalized spacial score (nSPS) is 22.5. The smallest absolute Gasteiger partial charge is 0.240 e. The van der Waals surface area contributed by atoms with Crippen LogP contribution in [-0.2, 0) is 17.7 Å². The Kier molecular flexibility index (Phi) is 3.90. The number of ether oxygens (including phenoxy) is 1. The maximum atomic E-state index is 5.61. The van der Waals surface area contributed by atoms with Gasteiger partial charge in [-0.05, 0) is 6.42 Å². The van der Waals surface area contributed by atoms with Crippen LogP contribution >= 0.6 is 0 Å². The lowest BCUT2D eigenvalue weighted by atomic mass is 10.2. The Balaban J connectivity index is 1.88. The Labute approximate surface area is 95.8 Å². The number of aryl methyl sites for hydroxylation is 1. The van der Waals surface area contributed by atoms with Crippen molar-refractivity contribution in [3.63, 3.8) is 0 Å². The molecule has 0 bridgehead atoms. The van der Waals surface area contributed by atoms with Crippen molar-refractivity contribution in [3.8, 4) is 0 Å². The predicted octanol–water partition coefficient (Wildman–Crippen LogP) is 1.24. The monoisotopic (exact) mass is 225 g/mol. The summed E-state index contributed by atoms with van der Waals surface area (Å²) in [5.41, 5.74) is 0. The molecule has 1 aliphatic rings. The zero-order valence-electron chi connectivity index (χ0n) is 9.98. The van der Waals surface area contributed by atoms with Crippen LogP contribution in [0.1, 0.15) is 32.0 Å². The molecule has 5 heteroatoms. The summed E-state index contributed by atoms with van der Waals surface area (Å²) in [6.07, 6.45) is 2.23. The first kappa shape index (κ1) is 11.5. The van der Waals surface area contributed by atoms with Gasteiger partial charge in [-0.3, -0.25) is 4.90 Å². The largest absolute Gasteiger partial charge is 0.376 e. The lowest BCUT2D eigenvalue weighted by Crippen LogP contribution is -2.41. The summed E-state index contributed by atoms with van der Waals surface area (Å²) in [5.74, 6) is 1.50. The molecule has 1 aliphatic heterocycles. The van der Waals surface area contributed by atoms with Crippen LogP contribution in [0.2, 0.25) is 0 Å². The van der Waals surface area contributed by atoms with Crippen molar-refractivity contribution >= 4 is 0 Å². The summed E-state index contributed by atoms with van der Waals surface area (Å²) in [4.78, 5) is 6.62. The third-order valence-corrected chi connectivity index (χ3v) is 2.86. The quantitative estimate of drug-likeness (QED) is 0.771. The minimum atomic E-state index is 0.349. The molecule has 5 nitrogen and oxygen atoms in total. The minimum absolute atomic E-state index is 0.349. The second-order valence-electron chi connectivity index (χ2n) is 4.09. The summed E-state index contributed by atoms with van der Waals surface area (Å²) in [6, 6.07) is 0. The summed E-state index contributed by atoms with van der Waals surface area (Å²) < 4.78 is 10.8. The van der Waals surface area contributed by atoms with Gasteiger partial charge < -0.3 is 9.26 Å². The van der Waals surface area contributed by atoms with Gasteiger partial charge in [-0.1, -0.05) is 19.0 Å². The molecule has 0 N–H and O–H groups in total. The molecule has 0 saturated carbocycles. The highest BCUT2D eigenvalue weighted by Crippen LogP contribution is 2.11. The van der Waals surface area contributed by atoms with E-state index in [2.05, 4.69) is 22.0 Å². The van der Waals surface area contributed by atoms with E-state index in [1.807, 2.05) is 6.92 Å². The van der Waals surface area contributed by atoms with Crippen molar-refractivity contribution in [3.05, 3.63) is 11.7 Å². The van der Waals surface area contributed by atoms with E-state index < -0.39 is 0 Å². The average molecular weight is 225 g/mol. The molecule has 1 aromatic rings. The third-order valence-electron chi connectivity index (χ3n) is 2.86. The van der Waals surface area contributed by atoms with Gasteiger partial charge in [-0.2, -0.15) is 4.98 Å². The van der Waals surface area contributed by atoms with Crippen LogP contribution in [0.4, 0.5) is 0 Å². The molecule has 1 atom stereocenters. The molecule has 0 unspecified atom stereocenters. The van der Waals surface area contributed by atoms with Gasteiger partial charge in [0, 0.05) is 19.5 Å². The molecule has 90 valence electrons. The number of aromatic nitrogens is 2. The molecule has 2 heterocycles. The fraction of sp³-hybridized carbons (Fsp3) is 0.818. The van der Waals surface area contributed by atoms with Gasteiger partial charge in [0.2, 0.25) is 5.89 Å². The van der Waals surface area contributed by atoms with Crippen molar-refractivity contribution in [2.75, 3.05) is 19.7 Å². The lowest BCUT2D eigenvalue weighted by molar-refractivity contribution is -0.0350. The van der Waals surface area contributed by atoms with E-state index >= 15 is 0 Å². The molecule has 0 amide bonds. The van der Waals surface area contributed by atoms with Gasteiger partial charge in [-0.25, -0.2) is 0 Å². The molecule has 0 aromatic carbocycles. The van der Waals surface area contributed by atoms with E-state index in [4.69, 9.17) is 9.26 Å². The fourth-order valence-corrected chi connectivity index (χ4v) is 1.86. The molecule has 1 aromatic heterocycles. The van der Waals surface area contributed by atoms with Gasteiger partial charge in [-0.15, -0.1) is 0 Å². The van der Waals surface area contributed by atoms with E-state index in [-0.39, 0.29) is 0 Å². The Morgan fingerprint density at radius 2 is 2.31 bits per heavy atom. The van der Waals surface area contributed by atoms with Crippen molar-refractivity contribution < 1.29 is 9.26 Å². The van der Waals surface area contributed by atoms with Gasteiger partial charge in [0.1, 0.15) is 0 Å². The third kappa shape index (κ3) is 2.80. The van der Waals surface area contributed by atoms with Crippen LogP contribution in [-0.4, -0.2) is 40.8 Å². The number of hydrogen-bond acceptors (Lipinski definition) is 5. The molecular formula is C11H19N3O2. The average Bonchev–Trinajstić information content (AvgIpc) is 2.77. The number of nitrogens with zero attached hydrogens (tertiary/aromatic N) is 3. The first-order chi connectivity index (χ1) is 7.81. The predicted molar refractivity (Wildman–Crippen MR) is 59.0 cm³/mol. The van der Waals surface area contributed by atoms with Crippen molar-refractivity contribution in [2.45, 2.75) is 39.3 Å². The molecule has 16 heavy (non-hydrogen) atoms. The Morgan fingerprint density at radius 3 is 3.00 bits per heavy atom. The Bertz CT molecular complexity index is 327. The Morgan fingerprint density at radius 1 is 1.44 bits per heavy atom. The van der Waals surface area contributed by atoms with Crippen LogP contribution in [0, 0.1) is 0 Å². The lowest BCUT2D eigenvalue weighted by Gasteiger charge is -2.31. The van der Waals surface area contributed by atoms with Crippen molar-refractivity contribution in [1.29, 1.82) is 0 Å². The van der Waals surface area contributed by atoms with Crippen LogP contribution in [0.15, 0.2) is 4.52 Å². The maximum Gasteiger partial charge on any atom is 0.240 e. The maximum absolute atomic E-state index is 5.61. The molecule has 2 rings (SSSR count). The highest BCUT2D eigenvalue weighted by atomic mass is 16.5. The highest BCUT2D eigenvalue weighted by molar-refractivity contribution is 4.86. The Hall–Kier alpha value is -0.940. The van der Waals surface area contributed by atoms with Crippen LogP contribution in [0.25, 0.3) is 0 Å².